The minimum absolute atomic E-state index is 0.609. The molecule has 0 saturated heterocycles. The predicted octanol–water partition coefficient (Wildman–Crippen LogP) is 2.77. The number of hydrogen-bond donors (Lipinski definition) is 1. The van der Waals surface area contributed by atoms with E-state index in [1.807, 2.05) is 18.2 Å². The molecule has 1 unspecified atom stereocenters. The van der Waals surface area contributed by atoms with Gasteiger partial charge in [-0.2, -0.15) is 0 Å². The van der Waals surface area contributed by atoms with Gasteiger partial charge >= 0.3 is 0 Å². The van der Waals surface area contributed by atoms with Crippen LogP contribution in [0.25, 0.3) is 5.69 Å². The first-order valence-corrected chi connectivity index (χ1v) is 6.35. The van der Waals surface area contributed by atoms with Crippen molar-refractivity contribution in [1.82, 2.24) is 20.2 Å². The van der Waals surface area contributed by atoms with Crippen molar-refractivity contribution in [3.63, 3.8) is 0 Å². The van der Waals surface area contributed by atoms with Crippen molar-refractivity contribution in [1.29, 1.82) is 0 Å². The summed E-state index contributed by atoms with van der Waals surface area (Å²) in [5, 5.41) is 15.1. The van der Waals surface area contributed by atoms with E-state index in [0.29, 0.717) is 10.9 Å². The van der Waals surface area contributed by atoms with Gasteiger partial charge in [0, 0.05) is 6.54 Å². The molecule has 0 bridgehead atoms. The largest absolute Gasteiger partial charge is 0.384 e. The van der Waals surface area contributed by atoms with Gasteiger partial charge in [-0.25, -0.2) is 4.68 Å². The van der Waals surface area contributed by atoms with Crippen LogP contribution in [0.2, 0.25) is 5.02 Å². The summed E-state index contributed by atoms with van der Waals surface area (Å²) >= 11 is 6.16. The topological polar surface area (TPSA) is 55.6 Å². The lowest BCUT2D eigenvalue weighted by Crippen LogP contribution is -2.11. The average molecular weight is 266 g/mol. The summed E-state index contributed by atoms with van der Waals surface area (Å²) in [6.07, 6.45) is 2.69. The highest BCUT2D eigenvalue weighted by molar-refractivity contribution is 6.33. The van der Waals surface area contributed by atoms with Gasteiger partial charge in [0.1, 0.15) is 6.33 Å². The van der Waals surface area contributed by atoms with E-state index in [9.17, 15) is 0 Å². The van der Waals surface area contributed by atoms with Crippen molar-refractivity contribution in [3.05, 3.63) is 29.5 Å². The number of tetrazole rings is 1. The fourth-order valence-electron chi connectivity index (χ4n) is 1.50. The van der Waals surface area contributed by atoms with Crippen LogP contribution >= 0.6 is 11.6 Å². The van der Waals surface area contributed by atoms with Crippen LogP contribution in [0.4, 0.5) is 5.69 Å². The van der Waals surface area contributed by atoms with E-state index in [-0.39, 0.29) is 0 Å². The third-order valence-corrected chi connectivity index (χ3v) is 3.23. The Kier molecular flexibility index (Phi) is 4.15. The van der Waals surface area contributed by atoms with Gasteiger partial charge < -0.3 is 5.32 Å². The second kappa shape index (κ2) is 5.82. The Labute approximate surface area is 111 Å². The van der Waals surface area contributed by atoms with E-state index < -0.39 is 0 Å². The molecule has 0 spiro atoms. The molecule has 18 heavy (non-hydrogen) atoms. The molecule has 1 aromatic heterocycles. The minimum atomic E-state index is 0.609. The van der Waals surface area contributed by atoms with Gasteiger partial charge in [-0.15, -0.1) is 5.10 Å². The number of benzene rings is 1. The number of hydrogen-bond acceptors (Lipinski definition) is 4. The van der Waals surface area contributed by atoms with Gasteiger partial charge in [-0.1, -0.05) is 31.9 Å². The number of nitrogens with zero attached hydrogens (tertiary/aromatic N) is 4. The summed E-state index contributed by atoms with van der Waals surface area (Å²) in [5.41, 5.74) is 1.79. The Hall–Kier alpha value is -1.62. The quantitative estimate of drug-likeness (QED) is 0.903. The summed E-state index contributed by atoms with van der Waals surface area (Å²) in [5.74, 6) is 0.609. The van der Waals surface area contributed by atoms with Gasteiger partial charge in [0.2, 0.25) is 0 Å². The first-order valence-electron chi connectivity index (χ1n) is 5.97. The van der Waals surface area contributed by atoms with Crippen LogP contribution < -0.4 is 5.32 Å². The molecule has 0 saturated carbocycles. The summed E-state index contributed by atoms with van der Waals surface area (Å²) in [6, 6.07) is 5.67. The fourth-order valence-corrected chi connectivity index (χ4v) is 1.68. The molecule has 6 heteroatoms. The lowest BCUT2D eigenvalue weighted by atomic mass is 10.1. The molecule has 0 fully saturated rings. The summed E-state index contributed by atoms with van der Waals surface area (Å²) in [4.78, 5) is 0. The molecule has 2 rings (SSSR count). The monoisotopic (exact) mass is 265 g/mol. The zero-order chi connectivity index (χ0) is 13.0. The van der Waals surface area contributed by atoms with Gasteiger partial charge in [0.25, 0.3) is 0 Å². The highest BCUT2D eigenvalue weighted by Gasteiger charge is 2.05. The standard InChI is InChI=1S/C12H16ClN5/c1-3-9(2)7-14-12-6-10(4-5-11(12)13)18-8-15-16-17-18/h4-6,8-9,14H,3,7H2,1-2H3. The first kappa shape index (κ1) is 12.8. The van der Waals surface area contributed by atoms with Crippen molar-refractivity contribution in [2.75, 3.05) is 11.9 Å². The molecule has 96 valence electrons. The van der Waals surface area contributed by atoms with Crippen LogP contribution in [0.5, 0.6) is 0 Å². The third-order valence-electron chi connectivity index (χ3n) is 2.90. The second-order valence-corrected chi connectivity index (χ2v) is 4.72. The Morgan fingerprint density at radius 3 is 2.94 bits per heavy atom. The molecular formula is C12H16ClN5. The summed E-state index contributed by atoms with van der Waals surface area (Å²) in [7, 11) is 0. The maximum Gasteiger partial charge on any atom is 0.143 e. The highest BCUT2D eigenvalue weighted by Crippen LogP contribution is 2.24. The zero-order valence-electron chi connectivity index (χ0n) is 10.5. The van der Waals surface area contributed by atoms with Crippen LogP contribution in [0.1, 0.15) is 20.3 Å². The zero-order valence-corrected chi connectivity index (χ0v) is 11.2. The van der Waals surface area contributed by atoms with E-state index in [0.717, 1.165) is 24.3 Å². The third kappa shape index (κ3) is 2.98. The highest BCUT2D eigenvalue weighted by atomic mass is 35.5. The lowest BCUT2D eigenvalue weighted by Gasteiger charge is -2.13. The Morgan fingerprint density at radius 2 is 2.28 bits per heavy atom. The van der Waals surface area contributed by atoms with E-state index in [1.54, 1.807) is 11.0 Å². The first-order chi connectivity index (χ1) is 8.70. The normalized spacial score (nSPS) is 12.4. The number of anilines is 1. The van der Waals surface area contributed by atoms with Crippen molar-refractivity contribution in [2.24, 2.45) is 5.92 Å². The van der Waals surface area contributed by atoms with Crippen LogP contribution in [0, 0.1) is 5.92 Å². The van der Waals surface area contributed by atoms with Crippen LogP contribution in [0.3, 0.4) is 0 Å². The fraction of sp³-hybridized carbons (Fsp3) is 0.417. The van der Waals surface area contributed by atoms with Gasteiger partial charge in [-0.3, -0.25) is 0 Å². The van der Waals surface area contributed by atoms with E-state index in [4.69, 9.17) is 11.6 Å². The average Bonchev–Trinajstić information content (AvgIpc) is 2.91. The maximum absolute atomic E-state index is 6.16. The molecule has 1 heterocycles. The Morgan fingerprint density at radius 1 is 1.44 bits per heavy atom. The Bertz CT molecular complexity index is 497. The molecule has 2 aromatic rings. The van der Waals surface area contributed by atoms with E-state index >= 15 is 0 Å². The van der Waals surface area contributed by atoms with Gasteiger partial charge in [0.15, 0.2) is 0 Å². The van der Waals surface area contributed by atoms with E-state index in [2.05, 4.69) is 34.7 Å². The molecule has 0 aliphatic carbocycles. The maximum atomic E-state index is 6.16. The molecule has 0 aliphatic heterocycles. The van der Waals surface area contributed by atoms with Crippen LogP contribution in [0.15, 0.2) is 24.5 Å². The smallest absolute Gasteiger partial charge is 0.143 e. The van der Waals surface area contributed by atoms with Crippen molar-refractivity contribution in [3.8, 4) is 5.69 Å². The van der Waals surface area contributed by atoms with Crippen LogP contribution in [-0.4, -0.2) is 26.8 Å². The van der Waals surface area contributed by atoms with Gasteiger partial charge in [0.05, 0.1) is 16.4 Å². The van der Waals surface area contributed by atoms with Crippen molar-refractivity contribution >= 4 is 17.3 Å². The predicted molar refractivity (Wildman–Crippen MR) is 72.1 cm³/mol. The number of nitrogens with one attached hydrogen (secondary N) is 1. The van der Waals surface area contributed by atoms with E-state index in [1.165, 1.54) is 0 Å². The lowest BCUT2D eigenvalue weighted by molar-refractivity contribution is 0.593. The van der Waals surface area contributed by atoms with Crippen LogP contribution in [-0.2, 0) is 0 Å². The molecule has 0 aliphatic rings. The molecule has 1 N–H and O–H groups in total. The summed E-state index contributed by atoms with van der Waals surface area (Å²) < 4.78 is 1.60. The number of rotatable bonds is 5. The number of aromatic nitrogens is 4. The molecular weight excluding hydrogens is 250 g/mol. The minimum Gasteiger partial charge on any atom is -0.384 e. The SMILES string of the molecule is CCC(C)CNc1cc(-n2cnnn2)ccc1Cl. The second-order valence-electron chi connectivity index (χ2n) is 4.31. The molecule has 1 atom stereocenters. The number of halogens is 1. The molecule has 0 amide bonds. The molecule has 1 aromatic carbocycles. The van der Waals surface area contributed by atoms with Gasteiger partial charge in [-0.05, 0) is 34.5 Å². The van der Waals surface area contributed by atoms with Crippen molar-refractivity contribution < 1.29 is 0 Å². The summed E-state index contributed by atoms with van der Waals surface area (Å²) in [6.45, 7) is 5.27. The van der Waals surface area contributed by atoms with Crippen molar-refractivity contribution in [2.45, 2.75) is 20.3 Å². The Balaban J connectivity index is 2.17. The molecule has 0 radical (unpaired) electrons. The molecule has 5 nitrogen and oxygen atoms in total.